The van der Waals surface area contributed by atoms with Crippen LogP contribution in [0.1, 0.15) is 15.9 Å². The van der Waals surface area contributed by atoms with Gasteiger partial charge in [0, 0.05) is 5.56 Å². The Kier molecular flexibility index (Phi) is 3.10. The molecular weight excluding hydrogens is 196 g/mol. The second kappa shape index (κ2) is 4.12. The van der Waals surface area contributed by atoms with Gasteiger partial charge in [0.2, 0.25) is 0 Å². The SMILES string of the molecule is NOCc1cc(F)c(C(=O)O)cc1F. The lowest BCUT2D eigenvalue weighted by molar-refractivity contribution is 0.0690. The minimum absolute atomic E-state index is 0.130. The Balaban J connectivity index is 3.17. The van der Waals surface area contributed by atoms with Crippen LogP contribution in [0.25, 0.3) is 0 Å². The Bertz CT molecular complexity index is 368. The first-order valence-electron chi connectivity index (χ1n) is 3.59. The maximum Gasteiger partial charge on any atom is 0.338 e. The van der Waals surface area contributed by atoms with Crippen molar-refractivity contribution in [3.63, 3.8) is 0 Å². The van der Waals surface area contributed by atoms with Crippen molar-refractivity contribution < 1.29 is 23.5 Å². The molecule has 0 saturated carbocycles. The Labute approximate surface area is 77.9 Å². The van der Waals surface area contributed by atoms with Crippen molar-refractivity contribution in [2.75, 3.05) is 0 Å². The van der Waals surface area contributed by atoms with Gasteiger partial charge in [0.05, 0.1) is 12.2 Å². The fraction of sp³-hybridized carbons (Fsp3) is 0.125. The van der Waals surface area contributed by atoms with E-state index < -0.39 is 23.2 Å². The molecule has 76 valence electrons. The van der Waals surface area contributed by atoms with Crippen LogP contribution in [0.4, 0.5) is 8.78 Å². The van der Waals surface area contributed by atoms with Gasteiger partial charge in [-0.2, -0.15) is 0 Å². The predicted octanol–water partition coefficient (Wildman–Crippen LogP) is 1.05. The zero-order valence-electron chi connectivity index (χ0n) is 6.96. The van der Waals surface area contributed by atoms with E-state index >= 15 is 0 Å². The maximum atomic E-state index is 13.0. The highest BCUT2D eigenvalue weighted by Crippen LogP contribution is 2.15. The summed E-state index contributed by atoms with van der Waals surface area (Å²) < 4.78 is 26.0. The van der Waals surface area contributed by atoms with E-state index in [4.69, 9.17) is 5.11 Å². The topological polar surface area (TPSA) is 72.5 Å². The van der Waals surface area contributed by atoms with Gasteiger partial charge in [0.1, 0.15) is 11.6 Å². The van der Waals surface area contributed by atoms with Gasteiger partial charge in [-0.1, -0.05) is 0 Å². The number of rotatable bonds is 3. The van der Waals surface area contributed by atoms with Crippen molar-refractivity contribution in [3.05, 3.63) is 34.9 Å². The lowest BCUT2D eigenvalue weighted by atomic mass is 10.1. The lowest BCUT2D eigenvalue weighted by Crippen LogP contribution is -2.06. The van der Waals surface area contributed by atoms with Crippen LogP contribution in [-0.4, -0.2) is 11.1 Å². The Morgan fingerprint density at radius 2 is 2.07 bits per heavy atom. The highest BCUT2D eigenvalue weighted by molar-refractivity contribution is 5.87. The Morgan fingerprint density at radius 3 is 2.57 bits per heavy atom. The van der Waals surface area contributed by atoms with Crippen molar-refractivity contribution in [1.29, 1.82) is 0 Å². The van der Waals surface area contributed by atoms with E-state index in [0.717, 1.165) is 6.07 Å². The molecule has 3 N–H and O–H groups in total. The minimum Gasteiger partial charge on any atom is -0.478 e. The molecule has 0 fully saturated rings. The number of hydrogen-bond donors (Lipinski definition) is 2. The molecule has 0 bridgehead atoms. The third-order valence-electron chi connectivity index (χ3n) is 1.61. The minimum atomic E-state index is -1.53. The third kappa shape index (κ3) is 2.04. The summed E-state index contributed by atoms with van der Waals surface area (Å²) in [6, 6.07) is 1.33. The second-order valence-electron chi connectivity index (χ2n) is 2.54. The van der Waals surface area contributed by atoms with Gasteiger partial charge in [-0.05, 0) is 12.1 Å². The molecule has 0 amide bonds. The van der Waals surface area contributed by atoms with Crippen LogP contribution in [0.15, 0.2) is 12.1 Å². The third-order valence-corrected chi connectivity index (χ3v) is 1.61. The average Bonchev–Trinajstić information content (AvgIpc) is 2.10. The first kappa shape index (κ1) is 10.6. The van der Waals surface area contributed by atoms with Crippen LogP contribution in [0, 0.1) is 11.6 Å². The maximum absolute atomic E-state index is 13.0. The summed E-state index contributed by atoms with van der Waals surface area (Å²) in [6.45, 7) is -0.317. The molecule has 1 rings (SSSR count). The number of nitrogens with two attached hydrogens (primary N) is 1. The number of aromatic carboxylic acids is 1. The zero-order chi connectivity index (χ0) is 10.7. The highest BCUT2D eigenvalue weighted by Gasteiger charge is 2.14. The van der Waals surface area contributed by atoms with Crippen molar-refractivity contribution in [3.8, 4) is 0 Å². The van der Waals surface area contributed by atoms with Gasteiger partial charge in [-0.25, -0.2) is 19.5 Å². The zero-order valence-corrected chi connectivity index (χ0v) is 6.96. The first-order chi connectivity index (χ1) is 6.56. The smallest absolute Gasteiger partial charge is 0.338 e. The molecule has 0 aliphatic heterocycles. The summed E-state index contributed by atoms with van der Waals surface area (Å²) in [7, 11) is 0. The van der Waals surface area contributed by atoms with Crippen molar-refractivity contribution in [1.82, 2.24) is 0 Å². The second-order valence-corrected chi connectivity index (χ2v) is 2.54. The molecule has 0 radical (unpaired) electrons. The van der Waals surface area contributed by atoms with E-state index in [1.807, 2.05) is 0 Å². The van der Waals surface area contributed by atoms with Crippen LogP contribution < -0.4 is 5.90 Å². The normalized spacial score (nSPS) is 10.2. The van der Waals surface area contributed by atoms with Crippen molar-refractivity contribution in [2.24, 2.45) is 5.90 Å². The van der Waals surface area contributed by atoms with E-state index in [9.17, 15) is 13.6 Å². The molecule has 1 aromatic carbocycles. The van der Waals surface area contributed by atoms with E-state index in [1.54, 1.807) is 0 Å². The fourth-order valence-electron chi connectivity index (χ4n) is 0.952. The average molecular weight is 203 g/mol. The molecule has 0 saturated heterocycles. The number of hydrogen-bond acceptors (Lipinski definition) is 3. The monoisotopic (exact) mass is 203 g/mol. The van der Waals surface area contributed by atoms with Crippen LogP contribution in [-0.2, 0) is 11.4 Å². The summed E-state index contributed by atoms with van der Waals surface area (Å²) in [6.07, 6.45) is 0. The predicted molar refractivity (Wildman–Crippen MR) is 42.3 cm³/mol. The fourth-order valence-corrected chi connectivity index (χ4v) is 0.952. The van der Waals surface area contributed by atoms with Crippen molar-refractivity contribution >= 4 is 5.97 Å². The van der Waals surface area contributed by atoms with Crippen LogP contribution in [0.5, 0.6) is 0 Å². The van der Waals surface area contributed by atoms with Crippen LogP contribution in [0.3, 0.4) is 0 Å². The molecule has 0 aromatic heterocycles. The largest absolute Gasteiger partial charge is 0.478 e. The van der Waals surface area contributed by atoms with E-state index in [2.05, 4.69) is 10.7 Å². The van der Waals surface area contributed by atoms with Gasteiger partial charge in [0.25, 0.3) is 0 Å². The van der Waals surface area contributed by atoms with Gasteiger partial charge in [-0.15, -0.1) is 0 Å². The Morgan fingerprint density at radius 1 is 1.43 bits per heavy atom. The number of benzene rings is 1. The summed E-state index contributed by atoms with van der Waals surface area (Å²) in [4.78, 5) is 14.5. The first-order valence-corrected chi connectivity index (χ1v) is 3.59. The summed E-state index contributed by atoms with van der Waals surface area (Å²) in [5, 5.41) is 8.45. The molecule has 6 heteroatoms. The van der Waals surface area contributed by atoms with Gasteiger partial charge < -0.3 is 5.11 Å². The van der Waals surface area contributed by atoms with E-state index in [1.165, 1.54) is 0 Å². The summed E-state index contributed by atoms with van der Waals surface area (Å²) >= 11 is 0. The van der Waals surface area contributed by atoms with E-state index in [-0.39, 0.29) is 12.2 Å². The number of carboxylic acids is 1. The quantitative estimate of drug-likeness (QED) is 0.720. The van der Waals surface area contributed by atoms with Crippen molar-refractivity contribution in [2.45, 2.75) is 6.61 Å². The molecule has 0 atom stereocenters. The molecule has 0 aliphatic rings. The summed E-state index contributed by atoms with van der Waals surface area (Å²) in [5.41, 5.74) is -0.849. The van der Waals surface area contributed by atoms with Gasteiger partial charge >= 0.3 is 5.97 Å². The lowest BCUT2D eigenvalue weighted by Gasteiger charge is -2.03. The molecule has 14 heavy (non-hydrogen) atoms. The molecule has 0 aliphatic carbocycles. The van der Waals surface area contributed by atoms with Gasteiger partial charge in [-0.3, -0.25) is 4.84 Å². The van der Waals surface area contributed by atoms with Gasteiger partial charge in [0.15, 0.2) is 0 Å². The molecular formula is C8H7F2NO3. The molecule has 0 heterocycles. The molecule has 0 unspecified atom stereocenters. The van der Waals surface area contributed by atoms with Crippen LogP contribution in [0.2, 0.25) is 0 Å². The molecule has 1 aromatic rings. The molecule has 0 spiro atoms. The summed E-state index contributed by atoms with van der Waals surface area (Å²) in [5.74, 6) is 1.26. The molecule has 4 nitrogen and oxygen atoms in total. The number of halogens is 2. The number of carbonyl (C=O) groups is 1. The van der Waals surface area contributed by atoms with Crippen LogP contribution >= 0.6 is 0 Å². The number of carboxylic acid groups (broad SMARTS) is 1. The standard InChI is InChI=1S/C8H7F2NO3/c9-6-2-5(8(12)13)7(10)1-4(6)3-14-11/h1-2H,3,11H2,(H,12,13). The highest BCUT2D eigenvalue weighted by atomic mass is 19.1. The van der Waals surface area contributed by atoms with E-state index in [0.29, 0.717) is 6.07 Å². The Hall–Kier alpha value is -1.53.